The highest BCUT2D eigenvalue weighted by Gasteiger charge is 2.43. The number of methoxy groups -OCH3 is 2. The Hall–Kier alpha value is -1.83. The van der Waals surface area contributed by atoms with Gasteiger partial charge in [0.15, 0.2) is 11.5 Å². The van der Waals surface area contributed by atoms with Gasteiger partial charge < -0.3 is 24.1 Å². The van der Waals surface area contributed by atoms with Crippen LogP contribution in [0, 0.1) is 23.7 Å². The zero-order valence-corrected chi connectivity index (χ0v) is 23.0. The summed E-state index contributed by atoms with van der Waals surface area (Å²) in [6.07, 6.45) is 2.68. The summed E-state index contributed by atoms with van der Waals surface area (Å²) in [6, 6.07) is 6.36. The summed E-state index contributed by atoms with van der Waals surface area (Å²) in [4.78, 5) is 14.2. The molecule has 7 heteroatoms. The molecule has 3 atom stereocenters. The van der Waals surface area contributed by atoms with E-state index in [9.17, 15) is 9.90 Å². The summed E-state index contributed by atoms with van der Waals surface area (Å²) >= 11 is 0. The largest absolute Gasteiger partial charge is 0.493 e. The summed E-state index contributed by atoms with van der Waals surface area (Å²) < 4.78 is 22.8. The SMILES string of the molecule is COCCCOc1cc(C[C@@H](C[C@H]2COC(C)(C)N2C[C@@H](C(=O)O)C(C)C)C(C)C)ccc1OC. The third-order valence-electron chi connectivity index (χ3n) is 7.27. The van der Waals surface area contributed by atoms with E-state index in [1.54, 1.807) is 14.2 Å². The smallest absolute Gasteiger partial charge is 0.308 e. The van der Waals surface area contributed by atoms with Crippen LogP contribution in [0.15, 0.2) is 18.2 Å². The van der Waals surface area contributed by atoms with E-state index >= 15 is 0 Å². The zero-order chi connectivity index (χ0) is 26.2. The predicted octanol–water partition coefficient (Wildman–Crippen LogP) is 5.11. The summed E-state index contributed by atoms with van der Waals surface area (Å²) in [6.45, 7) is 14.9. The zero-order valence-electron chi connectivity index (χ0n) is 23.0. The van der Waals surface area contributed by atoms with Gasteiger partial charge in [0.25, 0.3) is 0 Å². The number of carboxylic acid groups (broad SMARTS) is 1. The van der Waals surface area contributed by atoms with Gasteiger partial charge in [0.05, 0.1) is 26.2 Å². The first-order valence-electron chi connectivity index (χ1n) is 12.9. The van der Waals surface area contributed by atoms with Gasteiger partial charge in [-0.1, -0.05) is 33.8 Å². The third-order valence-corrected chi connectivity index (χ3v) is 7.27. The van der Waals surface area contributed by atoms with Crippen molar-refractivity contribution in [1.82, 2.24) is 4.90 Å². The Labute approximate surface area is 212 Å². The second-order valence-electron chi connectivity index (χ2n) is 10.9. The molecule has 1 aromatic carbocycles. The van der Waals surface area contributed by atoms with Crippen LogP contribution in [-0.2, 0) is 20.7 Å². The van der Waals surface area contributed by atoms with E-state index in [0.29, 0.717) is 38.2 Å². The maximum atomic E-state index is 11.9. The standard InChI is InChI=1S/C28H47NO6/c1-19(2)22(14-21-10-11-25(33-8)26(15-21)34-13-9-12-32-7)16-23-18-35-28(5,6)29(23)17-24(20(3)4)27(30)31/h10-11,15,19-20,22-24H,9,12-14,16-18H2,1-8H3,(H,30,31)/t22-,23-,24+/m0/s1. The molecule has 1 fully saturated rings. The molecule has 0 radical (unpaired) electrons. The molecule has 2 rings (SSSR count). The second-order valence-corrected chi connectivity index (χ2v) is 10.9. The fraction of sp³-hybridized carbons (Fsp3) is 0.750. The second kappa shape index (κ2) is 13.5. The molecule has 1 heterocycles. The van der Waals surface area contributed by atoms with Crippen LogP contribution in [0.3, 0.4) is 0 Å². The third kappa shape index (κ3) is 8.36. The van der Waals surface area contributed by atoms with Crippen LogP contribution >= 0.6 is 0 Å². The Balaban J connectivity index is 2.16. The lowest BCUT2D eigenvalue weighted by atomic mass is 9.83. The molecule has 0 spiro atoms. The number of benzene rings is 1. The first-order chi connectivity index (χ1) is 16.5. The van der Waals surface area contributed by atoms with Crippen molar-refractivity contribution in [2.24, 2.45) is 23.7 Å². The van der Waals surface area contributed by atoms with Gasteiger partial charge in [0.2, 0.25) is 0 Å². The topological polar surface area (TPSA) is 77.5 Å². The van der Waals surface area contributed by atoms with Crippen LogP contribution in [0.4, 0.5) is 0 Å². The summed E-state index contributed by atoms with van der Waals surface area (Å²) in [5.41, 5.74) is 0.736. The normalized spacial score (nSPS) is 19.8. The molecule has 1 aliphatic heterocycles. The van der Waals surface area contributed by atoms with Crippen molar-refractivity contribution in [1.29, 1.82) is 0 Å². The van der Waals surface area contributed by atoms with Gasteiger partial charge in [-0.15, -0.1) is 0 Å². The average Bonchev–Trinajstić information content (AvgIpc) is 3.07. The lowest BCUT2D eigenvalue weighted by Gasteiger charge is -2.37. The summed E-state index contributed by atoms with van der Waals surface area (Å²) in [7, 11) is 3.35. The minimum Gasteiger partial charge on any atom is -0.493 e. The minimum absolute atomic E-state index is 0.0621. The van der Waals surface area contributed by atoms with E-state index in [1.807, 2.05) is 33.8 Å². The molecule has 0 amide bonds. The molecule has 35 heavy (non-hydrogen) atoms. The molecule has 200 valence electrons. The van der Waals surface area contributed by atoms with E-state index in [-0.39, 0.29) is 12.0 Å². The molecular weight excluding hydrogens is 446 g/mol. The lowest BCUT2D eigenvalue weighted by Crippen LogP contribution is -2.49. The van der Waals surface area contributed by atoms with E-state index in [0.717, 1.165) is 30.8 Å². The average molecular weight is 494 g/mol. The van der Waals surface area contributed by atoms with Crippen LogP contribution in [0.2, 0.25) is 0 Å². The summed E-state index contributed by atoms with van der Waals surface area (Å²) in [5.74, 6) is 1.28. The quantitative estimate of drug-likeness (QED) is 0.340. The van der Waals surface area contributed by atoms with E-state index in [4.69, 9.17) is 18.9 Å². The van der Waals surface area contributed by atoms with Crippen molar-refractivity contribution in [3.05, 3.63) is 23.8 Å². The van der Waals surface area contributed by atoms with Gasteiger partial charge in [-0.25, -0.2) is 0 Å². The number of hydrogen-bond acceptors (Lipinski definition) is 6. The molecule has 1 saturated heterocycles. The first-order valence-corrected chi connectivity index (χ1v) is 12.9. The van der Waals surface area contributed by atoms with Crippen molar-refractivity contribution < 1.29 is 28.8 Å². The van der Waals surface area contributed by atoms with E-state index < -0.39 is 17.6 Å². The highest BCUT2D eigenvalue weighted by Crippen LogP contribution is 2.36. The van der Waals surface area contributed by atoms with Crippen LogP contribution in [0.5, 0.6) is 11.5 Å². The van der Waals surface area contributed by atoms with Crippen LogP contribution < -0.4 is 9.47 Å². The van der Waals surface area contributed by atoms with Crippen LogP contribution in [0.25, 0.3) is 0 Å². The molecule has 0 aromatic heterocycles. The Morgan fingerprint density at radius 1 is 1.14 bits per heavy atom. The van der Waals surface area contributed by atoms with Gasteiger partial charge in [0, 0.05) is 32.7 Å². The summed E-state index contributed by atoms with van der Waals surface area (Å²) in [5, 5.41) is 9.79. The van der Waals surface area contributed by atoms with Gasteiger partial charge in [-0.3, -0.25) is 9.69 Å². The highest BCUT2D eigenvalue weighted by molar-refractivity contribution is 5.70. The molecule has 0 aliphatic carbocycles. The number of ether oxygens (including phenoxy) is 4. The van der Waals surface area contributed by atoms with Crippen molar-refractivity contribution in [2.75, 3.05) is 40.6 Å². The number of carboxylic acids is 1. The maximum Gasteiger partial charge on any atom is 0.308 e. The Kier molecular flexibility index (Phi) is 11.3. The number of nitrogens with zero attached hydrogens (tertiary/aromatic N) is 1. The number of hydrogen-bond donors (Lipinski definition) is 1. The fourth-order valence-electron chi connectivity index (χ4n) is 4.85. The molecular formula is C28H47NO6. The number of aliphatic carboxylic acids is 1. The minimum atomic E-state index is -0.738. The number of rotatable bonds is 15. The van der Waals surface area contributed by atoms with Crippen molar-refractivity contribution in [3.63, 3.8) is 0 Å². The Bertz CT molecular complexity index is 794. The molecule has 7 nitrogen and oxygen atoms in total. The van der Waals surface area contributed by atoms with Crippen molar-refractivity contribution in [2.45, 2.75) is 72.6 Å². The molecule has 0 unspecified atom stereocenters. The highest BCUT2D eigenvalue weighted by atomic mass is 16.5. The van der Waals surface area contributed by atoms with Gasteiger partial charge in [0.1, 0.15) is 5.72 Å². The molecule has 1 aliphatic rings. The Morgan fingerprint density at radius 2 is 1.86 bits per heavy atom. The predicted molar refractivity (Wildman–Crippen MR) is 138 cm³/mol. The van der Waals surface area contributed by atoms with Crippen molar-refractivity contribution >= 4 is 5.97 Å². The molecule has 1 aromatic rings. The van der Waals surface area contributed by atoms with Gasteiger partial charge in [-0.05, 0) is 62.1 Å². The molecule has 0 saturated carbocycles. The van der Waals surface area contributed by atoms with E-state index in [2.05, 4.69) is 30.9 Å². The maximum absolute atomic E-state index is 11.9. The lowest BCUT2D eigenvalue weighted by molar-refractivity contribution is -0.146. The Morgan fingerprint density at radius 3 is 2.43 bits per heavy atom. The van der Waals surface area contributed by atoms with Crippen molar-refractivity contribution in [3.8, 4) is 11.5 Å². The van der Waals surface area contributed by atoms with Gasteiger partial charge in [-0.2, -0.15) is 0 Å². The first kappa shape index (κ1) is 29.4. The molecule has 1 N–H and O–H groups in total. The van der Waals surface area contributed by atoms with Gasteiger partial charge >= 0.3 is 5.97 Å². The molecule has 0 bridgehead atoms. The monoisotopic (exact) mass is 493 g/mol. The fourth-order valence-corrected chi connectivity index (χ4v) is 4.85. The van der Waals surface area contributed by atoms with Crippen LogP contribution in [0.1, 0.15) is 59.9 Å². The van der Waals surface area contributed by atoms with E-state index in [1.165, 1.54) is 5.56 Å². The number of carbonyl (C=O) groups is 1. The van der Waals surface area contributed by atoms with Crippen LogP contribution in [-0.4, -0.2) is 68.3 Å².